The van der Waals surface area contributed by atoms with Gasteiger partial charge >= 0.3 is 5.97 Å². The van der Waals surface area contributed by atoms with Gasteiger partial charge in [0.1, 0.15) is 5.60 Å². The van der Waals surface area contributed by atoms with Crippen molar-refractivity contribution >= 4 is 11.9 Å². The zero-order valence-electron chi connectivity index (χ0n) is 9.77. The summed E-state index contributed by atoms with van der Waals surface area (Å²) in [5, 5.41) is 9.66. The molecule has 1 heterocycles. The molecule has 0 aromatic carbocycles. The second kappa shape index (κ2) is 4.25. The Labute approximate surface area is 94.7 Å². The molecule has 1 aliphatic rings. The van der Waals surface area contributed by atoms with Crippen molar-refractivity contribution in [3.8, 4) is 0 Å². The van der Waals surface area contributed by atoms with Crippen LogP contribution in [-0.4, -0.2) is 39.8 Å². The van der Waals surface area contributed by atoms with E-state index in [4.69, 9.17) is 4.74 Å². The minimum atomic E-state index is -1.54. The van der Waals surface area contributed by atoms with Gasteiger partial charge in [0.15, 0.2) is 0 Å². The number of nitrogens with zero attached hydrogens (tertiary/aromatic N) is 1. The van der Waals surface area contributed by atoms with Crippen LogP contribution >= 0.6 is 0 Å². The standard InChI is InChI=1S/C11H17NO4/c1-5-7-6-8(13)12(7)9(14)10(15)16-11(2,3)4/h5,7,9,14H,1,6H2,2-4H3. The molecule has 0 bridgehead atoms. The molecule has 2 unspecified atom stereocenters. The number of carbonyl (C=O) groups is 2. The van der Waals surface area contributed by atoms with E-state index in [1.165, 1.54) is 6.08 Å². The topological polar surface area (TPSA) is 66.8 Å². The fourth-order valence-corrected chi connectivity index (χ4v) is 1.44. The number of hydrogen-bond acceptors (Lipinski definition) is 4. The number of aliphatic hydroxyl groups excluding tert-OH is 1. The molecule has 0 aromatic rings. The van der Waals surface area contributed by atoms with Crippen molar-refractivity contribution in [3.05, 3.63) is 12.7 Å². The first-order valence-electron chi connectivity index (χ1n) is 5.11. The number of esters is 1. The average Bonchev–Trinajstić information content (AvgIpc) is 2.10. The van der Waals surface area contributed by atoms with Crippen molar-refractivity contribution in [2.45, 2.75) is 45.1 Å². The molecular formula is C11H17NO4. The van der Waals surface area contributed by atoms with Crippen LogP contribution in [0.5, 0.6) is 0 Å². The lowest BCUT2D eigenvalue weighted by Crippen LogP contribution is -2.59. The number of likely N-dealkylation sites (tertiary alicyclic amines) is 1. The number of ether oxygens (including phenoxy) is 1. The highest BCUT2D eigenvalue weighted by molar-refractivity contribution is 5.89. The zero-order chi connectivity index (χ0) is 12.5. The van der Waals surface area contributed by atoms with Gasteiger partial charge in [0.2, 0.25) is 12.1 Å². The fourth-order valence-electron chi connectivity index (χ4n) is 1.44. The molecule has 2 atom stereocenters. The summed E-state index contributed by atoms with van der Waals surface area (Å²) in [4.78, 5) is 23.8. The molecule has 5 heteroatoms. The first kappa shape index (κ1) is 12.7. The summed E-state index contributed by atoms with van der Waals surface area (Å²) in [6.07, 6.45) is 0.265. The molecule has 1 fully saturated rings. The first-order valence-corrected chi connectivity index (χ1v) is 5.11. The Morgan fingerprint density at radius 3 is 2.62 bits per heavy atom. The molecule has 0 aromatic heterocycles. The van der Waals surface area contributed by atoms with Crippen LogP contribution in [0.4, 0.5) is 0 Å². The van der Waals surface area contributed by atoms with Gasteiger partial charge in [-0.3, -0.25) is 4.79 Å². The lowest BCUT2D eigenvalue weighted by atomic mass is 10.0. The van der Waals surface area contributed by atoms with E-state index < -0.39 is 17.8 Å². The van der Waals surface area contributed by atoms with Gasteiger partial charge < -0.3 is 14.7 Å². The summed E-state index contributed by atoms with van der Waals surface area (Å²) in [5.41, 5.74) is -0.685. The number of rotatable bonds is 3. The molecule has 0 radical (unpaired) electrons. The van der Waals surface area contributed by atoms with E-state index in [0.29, 0.717) is 0 Å². The smallest absolute Gasteiger partial charge is 0.357 e. The molecule has 1 aliphatic heterocycles. The van der Waals surface area contributed by atoms with Gasteiger partial charge in [-0.2, -0.15) is 0 Å². The van der Waals surface area contributed by atoms with E-state index in [1.807, 2.05) is 0 Å². The molecule has 1 amide bonds. The van der Waals surface area contributed by atoms with Crippen molar-refractivity contribution in [3.63, 3.8) is 0 Å². The first-order chi connectivity index (χ1) is 7.26. The summed E-state index contributed by atoms with van der Waals surface area (Å²) >= 11 is 0. The Balaban J connectivity index is 2.63. The summed E-state index contributed by atoms with van der Waals surface area (Å²) < 4.78 is 4.98. The second-order valence-electron chi connectivity index (χ2n) is 4.72. The highest BCUT2D eigenvalue weighted by Crippen LogP contribution is 2.23. The van der Waals surface area contributed by atoms with Crippen LogP contribution in [0.15, 0.2) is 12.7 Å². The van der Waals surface area contributed by atoms with E-state index in [2.05, 4.69) is 6.58 Å². The van der Waals surface area contributed by atoms with Gasteiger partial charge in [0.05, 0.1) is 12.5 Å². The minimum absolute atomic E-state index is 0.275. The van der Waals surface area contributed by atoms with Crippen LogP contribution in [0.2, 0.25) is 0 Å². The Morgan fingerprint density at radius 1 is 1.69 bits per heavy atom. The van der Waals surface area contributed by atoms with E-state index in [0.717, 1.165) is 4.90 Å². The summed E-state index contributed by atoms with van der Waals surface area (Å²) in [6.45, 7) is 8.61. The van der Waals surface area contributed by atoms with Gasteiger partial charge in [-0.05, 0) is 20.8 Å². The molecule has 1 N–H and O–H groups in total. The van der Waals surface area contributed by atoms with Crippen LogP contribution in [0.25, 0.3) is 0 Å². The molecular weight excluding hydrogens is 210 g/mol. The maximum absolute atomic E-state index is 11.5. The Bertz CT molecular complexity index is 318. The molecule has 90 valence electrons. The molecule has 1 saturated heterocycles. The zero-order valence-corrected chi connectivity index (χ0v) is 9.77. The Morgan fingerprint density at radius 2 is 2.25 bits per heavy atom. The molecule has 0 spiro atoms. The minimum Gasteiger partial charge on any atom is -0.457 e. The Hall–Kier alpha value is -1.36. The predicted molar refractivity (Wildman–Crippen MR) is 57.3 cm³/mol. The highest BCUT2D eigenvalue weighted by atomic mass is 16.6. The van der Waals surface area contributed by atoms with E-state index in [1.54, 1.807) is 20.8 Å². The quantitative estimate of drug-likeness (QED) is 0.431. The van der Waals surface area contributed by atoms with Crippen molar-refractivity contribution in [1.29, 1.82) is 0 Å². The Kier molecular flexibility index (Phi) is 3.38. The normalized spacial score (nSPS) is 22.4. The summed E-state index contributed by atoms with van der Waals surface area (Å²) in [5.74, 6) is -1.09. The monoisotopic (exact) mass is 227 g/mol. The van der Waals surface area contributed by atoms with Crippen molar-refractivity contribution in [2.75, 3.05) is 0 Å². The third-order valence-corrected chi connectivity index (χ3v) is 2.18. The molecule has 0 saturated carbocycles. The van der Waals surface area contributed by atoms with Crippen molar-refractivity contribution in [2.24, 2.45) is 0 Å². The molecule has 5 nitrogen and oxygen atoms in total. The van der Waals surface area contributed by atoms with E-state index in [9.17, 15) is 14.7 Å². The van der Waals surface area contributed by atoms with Gasteiger partial charge in [-0.25, -0.2) is 4.79 Å². The SMILES string of the molecule is C=CC1CC(=O)N1C(O)C(=O)OC(C)(C)C. The van der Waals surface area contributed by atoms with Crippen LogP contribution in [0.3, 0.4) is 0 Å². The van der Waals surface area contributed by atoms with Gasteiger partial charge in [0, 0.05) is 0 Å². The maximum atomic E-state index is 11.5. The largest absolute Gasteiger partial charge is 0.457 e. The fraction of sp³-hybridized carbons (Fsp3) is 0.636. The number of amides is 1. The lowest BCUT2D eigenvalue weighted by Gasteiger charge is -2.41. The van der Waals surface area contributed by atoms with Gasteiger partial charge in [0.25, 0.3) is 0 Å². The molecule has 0 aliphatic carbocycles. The molecule has 16 heavy (non-hydrogen) atoms. The van der Waals surface area contributed by atoms with Gasteiger partial charge in [-0.1, -0.05) is 6.08 Å². The summed E-state index contributed by atoms with van der Waals surface area (Å²) in [7, 11) is 0. The number of hydrogen-bond donors (Lipinski definition) is 1. The van der Waals surface area contributed by atoms with E-state index in [-0.39, 0.29) is 18.4 Å². The molecule has 1 rings (SSSR count). The van der Waals surface area contributed by atoms with Crippen molar-refractivity contribution in [1.82, 2.24) is 4.90 Å². The average molecular weight is 227 g/mol. The van der Waals surface area contributed by atoms with Gasteiger partial charge in [-0.15, -0.1) is 6.58 Å². The predicted octanol–water partition coefficient (Wildman–Crippen LogP) is 0.433. The number of aliphatic hydroxyl groups is 1. The highest BCUT2D eigenvalue weighted by Gasteiger charge is 2.42. The van der Waals surface area contributed by atoms with Crippen LogP contribution in [0, 0.1) is 0 Å². The second-order valence-corrected chi connectivity index (χ2v) is 4.72. The van der Waals surface area contributed by atoms with Crippen LogP contribution < -0.4 is 0 Å². The third kappa shape index (κ3) is 2.61. The van der Waals surface area contributed by atoms with Crippen LogP contribution in [0.1, 0.15) is 27.2 Å². The van der Waals surface area contributed by atoms with Crippen molar-refractivity contribution < 1.29 is 19.4 Å². The third-order valence-electron chi connectivity index (χ3n) is 2.18. The number of carbonyl (C=O) groups excluding carboxylic acids is 2. The van der Waals surface area contributed by atoms with E-state index >= 15 is 0 Å². The summed E-state index contributed by atoms with van der Waals surface area (Å²) in [6, 6.07) is -0.282. The maximum Gasteiger partial charge on any atom is 0.357 e. The van der Waals surface area contributed by atoms with Crippen LogP contribution in [-0.2, 0) is 14.3 Å². The lowest BCUT2D eigenvalue weighted by molar-refractivity contribution is -0.188. The number of β-lactam (4-membered cyclic amide) rings is 1.